The summed E-state index contributed by atoms with van der Waals surface area (Å²) in [5, 5.41) is 3.70. The first-order valence-corrected chi connectivity index (χ1v) is 18.1. The summed E-state index contributed by atoms with van der Waals surface area (Å²) in [6.45, 7) is 3.70. The molecule has 4 unspecified atom stereocenters. The molecular formula is C37H33N3O7S2. The van der Waals surface area contributed by atoms with Crippen molar-refractivity contribution >= 4 is 58.2 Å². The Bertz CT molecular complexity index is 2060. The molecule has 49 heavy (non-hydrogen) atoms. The summed E-state index contributed by atoms with van der Waals surface area (Å²) in [5.74, 6) is -2.05. The summed E-state index contributed by atoms with van der Waals surface area (Å²) in [6.07, 6.45) is 0.738. The number of amides is 3. The minimum atomic E-state index is -0.489. The van der Waals surface area contributed by atoms with Crippen LogP contribution in [0.2, 0.25) is 0 Å². The van der Waals surface area contributed by atoms with Crippen LogP contribution in [0.3, 0.4) is 0 Å². The van der Waals surface area contributed by atoms with Crippen molar-refractivity contribution < 1.29 is 28.7 Å². The first kappa shape index (κ1) is 31.6. The molecule has 12 heteroatoms. The van der Waals surface area contributed by atoms with E-state index in [1.807, 2.05) is 55.5 Å². The second kappa shape index (κ2) is 12.3. The lowest BCUT2D eigenvalue weighted by atomic mass is 9.68. The maximum Gasteiger partial charge on any atom is 0.338 e. The van der Waals surface area contributed by atoms with Gasteiger partial charge in [0.15, 0.2) is 6.61 Å². The summed E-state index contributed by atoms with van der Waals surface area (Å²) in [4.78, 5) is 71.2. The van der Waals surface area contributed by atoms with E-state index in [2.05, 4.69) is 10.3 Å². The van der Waals surface area contributed by atoms with E-state index in [1.165, 1.54) is 16.2 Å². The fourth-order valence-corrected chi connectivity index (χ4v) is 11.4. The Morgan fingerprint density at radius 1 is 0.939 bits per heavy atom. The van der Waals surface area contributed by atoms with Crippen LogP contribution in [0.15, 0.2) is 82.6 Å². The van der Waals surface area contributed by atoms with Gasteiger partial charge < -0.3 is 19.8 Å². The molecule has 8 rings (SSSR count). The zero-order valence-electron chi connectivity index (χ0n) is 26.7. The van der Waals surface area contributed by atoms with Gasteiger partial charge in [0.2, 0.25) is 11.8 Å². The summed E-state index contributed by atoms with van der Waals surface area (Å²) >= 11 is 2.78. The van der Waals surface area contributed by atoms with Crippen LogP contribution in [-0.4, -0.2) is 47.1 Å². The quantitative estimate of drug-likeness (QED) is 0.179. The molecule has 0 radical (unpaired) electrons. The monoisotopic (exact) mass is 695 g/mol. The van der Waals surface area contributed by atoms with Gasteiger partial charge in [0.1, 0.15) is 5.75 Å². The number of aromatic nitrogens is 1. The first-order chi connectivity index (χ1) is 23.7. The number of esters is 1. The standard InChI is InChI=1S/C37H33N3O7S2/c1-3-46-36(44)19-12-14-20(15-13-19)40-34(42)29-22-16-23(30(29)35(40)43)31-28(22)27(32-33(48-31)39-37(45)49-32)21-9-5-7-11-25(21)47-17-26(41)38-24-10-6-4-8-18(24)2/h4-15,22-23,27-31H,3,16-17H2,1-2H3,(H,38,41)(H,39,45)/t22-,23-,27-,28?,29?,30?,31?/m1/s1. The molecule has 250 valence electrons. The Morgan fingerprint density at radius 2 is 1.65 bits per heavy atom. The van der Waals surface area contributed by atoms with Crippen LogP contribution >= 0.6 is 23.1 Å². The lowest BCUT2D eigenvalue weighted by molar-refractivity contribution is -0.123. The Morgan fingerprint density at radius 3 is 2.41 bits per heavy atom. The van der Waals surface area contributed by atoms with Crippen LogP contribution in [0.5, 0.6) is 5.75 Å². The number of nitrogens with zero attached hydrogens (tertiary/aromatic N) is 1. The van der Waals surface area contributed by atoms with Crippen LogP contribution in [0.25, 0.3) is 0 Å². The Balaban J connectivity index is 1.10. The minimum absolute atomic E-state index is 0.00528. The lowest BCUT2D eigenvalue weighted by Gasteiger charge is -2.43. The summed E-state index contributed by atoms with van der Waals surface area (Å²) < 4.78 is 11.3. The molecule has 3 amide bonds. The van der Waals surface area contributed by atoms with E-state index in [9.17, 15) is 24.0 Å². The van der Waals surface area contributed by atoms with Gasteiger partial charge in [-0.25, -0.2) is 4.79 Å². The number of aryl methyl sites for hydroxylation is 1. The highest BCUT2D eigenvalue weighted by molar-refractivity contribution is 8.00. The molecule has 2 N–H and O–H groups in total. The van der Waals surface area contributed by atoms with Gasteiger partial charge >= 0.3 is 10.8 Å². The number of carbonyl (C=O) groups is 4. The number of hydrogen-bond donors (Lipinski definition) is 2. The highest BCUT2D eigenvalue weighted by Gasteiger charge is 2.69. The van der Waals surface area contributed by atoms with Crippen LogP contribution in [0, 0.1) is 36.5 Å². The number of thiazole rings is 1. The lowest BCUT2D eigenvalue weighted by Crippen LogP contribution is -2.42. The number of nitrogens with one attached hydrogen (secondary N) is 2. The molecule has 0 spiro atoms. The number of aromatic amines is 1. The van der Waals surface area contributed by atoms with E-state index in [0.717, 1.165) is 33.1 Å². The molecule has 2 saturated carbocycles. The van der Waals surface area contributed by atoms with Crippen molar-refractivity contribution in [2.24, 2.45) is 29.6 Å². The van der Waals surface area contributed by atoms with Gasteiger partial charge in [-0.2, -0.15) is 0 Å². The summed E-state index contributed by atoms with van der Waals surface area (Å²) in [6, 6.07) is 21.5. The number of imide groups is 1. The molecule has 2 aliphatic carbocycles. The van der Waals surface area contributed by atoms with Crippen LogP contribution in [0.4, 0.5) is 11.4 Å². The third-order valence-corrected chi connectivity index (χ3v) is 13.0. The second-order valence-electron chi connectivity index (χ2n) is 12.9. The third kappa shape index (κ3) is 5.19. The van der Waals surface area contributed by atoms with Crippen LogP contribution < -0.4 is 19.8 Å². The number of para-hydroxylation sites is 2. The number of hydrogen-bond acceptors (Lipinski definition) is 9. The first-order valence-electron chi connectivity index (χ1n) is 16.4. The molecule has 2 bridgehead atoms. The molecule has 4 aromatic rings. The van der Waals surface area contributed by atoms with Gasteiger partial charge in [0.05, 0.1) is 34.7 Å². The van der Waals surface area contributed by atoms with E-state index in [0.29, 0.717) is 17.0 Å². The maximum absolute atomic E-state index is 14.2. The third-order valence-electron chi connectivity index (χ3n) is 10.4. The molecule has 2 aliphatic heterocycles. The van der Waals surface area contributed by atoms with E-state index in [1.54, 1.807) is 43.0 Å². The van der Waals surface area contributed by atoms with Gasteiger partial charge in [-0.05, 0) is 80.0 Å². The number of benzene rings is 3. The smallest absolute Gasteiger partial charge is 0.338 e. The fraction of sp³-hybridized carbons (Fsp3) is 0.324. The minimum Gasteiger partial charge on any atom is -0.483 e. The molecular weight excluding hydrogens is 663 g/mol. The van der Waals surface area contributed by atoms with Gasteiger partial charge in [0.25, 0.3) is 5.91 Å². The number of ether oxygens (including phenoxy) is 2. The number of H-pyrrole nitrogens is 1. The molecule has 10 nitrogen and oxygen atoms in total. The number of fused-ring (bicyclic) bond motifs is 9. The topological polar surface area (TPSA) is 135 Å². The Kier molecular flexibility index (Phi) is 7.95. The van der Waals surface area contributed by atoms with E-state index >= 15 is 0 Å². The molecule has 3 heterocycles. The van der Waals surface area contributed by atoms with Gasteiger partial charge in [-0.1, -0.05) is 47.7 Å². The van der Waals surface area contributed by atoms with Crippen molar-refractivity contribution in [2.75, 3.05) is 23.4 Å². The molecule has 3 fully saturated rings. The van der Waals surface area contributed by atoms with E-state index in [-0.39, 0.29) is 64.7 Å². The SMILES string of the molecule is CCOC(=O)c1ccc(N2C(=O)C3C(C2=O)[C@@H]2C[C@H]3C3Sc4[nH]c(=O)sc4[C@H](c4ccccc4OCC(=O)Nc4ccccc4C)C32)cc1. The summed E-state index contributed by atoms with van der Waals surface area (Å²) in [7, 11) is 0. The zero-order chi connectivity index (χ0) is 34.0. The maximum atomic E-state index is 14.2. The predicted octanol–water partition coefficient (Wildman–Crippen LogP) is 5.62. The van der Waals surface area contributed by atoms with Crippen molar-refractivity contribution in [3.63, 3.8) is 0 Å². The van der Waals surface area contributed by atoms with E-state index < -0.39 is 17.8 Å². The highest BCUT2D eigenvalue weighted by Crippen LogP contribution is 2.69. The largest absolute Gasteiger partial charge is 0.483 e. The van der Waals surface area contributed by atoms with Crippen molar-refractivity contribution in [2.45, 2.75) is 36.5 Å². The average Bonchev–Trinajstić information content (AvgIpc) is 3.84. The van der Waals surface area contributed by atoms with Crippen molar-refractivity contribution in [3.8, 4) is 5.75 Å². The molecule has 1 saturated heterocycles. The van der Waals surface area contributed by atoms with Crippen molar-refractivity contribution in [3.05, 3.63) is 104 Å². The van der Waals surface area contributed by atoms with Crippen LogP contribution in [-0.2, 0) is 19.1 Å². The molecule has 1 aromatic heterocycles. The van der Waals surface area contributed by atoms with Gasteiger partial charge in [0, 0.05) is 27.3 Å². The van der Waals surface area contributed by atoms with Gasteiger partial charge in [-0.15, -0.1) is 11.8 Å². The number of carbonyl (C=O) groups excluding carboxylic acids is 4. The Labute approximate surface area is 290 Å². The second-order valence-corrected chi connectivity index (χ2v) is 15.1. The zero-order valence-corrected chi connectivity index (χ0v) is 28.3. The normalized spacial score (nSPS) is 26.2. The van der Waals surface area contributed by atoms with Crippen LogP contribution in [0.1, 0.15) is 45.6 Å². The molecule has 4 aliphatic rings. The molecule has 7 atom stereocenters. The number of thioether (sulfide) groups is 1. The van der Waals surface area contributed by atoms with Crippen molar-refractivity contribution in [1.82, 2.24) is 4.98 Å². The van der Waals surface area contributed by atoms with E-state index in [4.69, 9.17) is 9.47 Å². The Hall–Kier alpha value is -4.68. The number of rotatable bonds is 8. The average molecular weight is 696 g/mol. The molecule has 3 aromatic carbocycles. The van der Waals surface area contributed by atoms with Gasteiger partial charge in [-0.3, -0.25) is 24.1 Å². The predicted molar refractivity (Wildman–Crippen MR) is 185 cm³/mol. The highest BCUT2D eigenvalue weighted by atomic mass is 32.2. The van der Waals surface area contributed by atoms with Crippen molar-refractivity contribution in [1.29, 1.82) is 0 Å². The fourth-order valence-electron chi connectivity index (χ4n) is 8.49. The number of anilines is 2. The summed E-state index contributed by atoms with van der Waals surface area (Å²) in [5.41, 5.74) is 3.30.